The van der Waals surface area contributed by atoms with Crippen LogP contribution in [0.15, 0.2) is 58.8 Å². The molecule has 27 heavy (non-hydrogen) atoms. The monoisotopic (exact) mass is 380 g/mol. The summed E-state index contributed by atoms with van der Waals surface area (Å²) in [7, 11) is 1.65. The summed E-state index contributed by atoms with van der Waals surface area (Å²) in [5.74, 6) is 2.39. The van der Waals surface area contributed by atoms with Crippen molar-refractivity contribution in [2.75, 3.05) is 13.7 Å². The van der Waals surface area contributed by atoms with E-state index in [9.17, 15) is 0 Å². The van der Waals surface area contributed by atoms with Crippen molar-refractivity contribution in [3.8, 4) is 22.9 Å². The molecule has 0 saturated heterocycles. The first-order chi connectivity index (χ1) is 13.2. The Hall–Kier alpha value is -2.80. The molecule has 0 N–H and O–H groups in total. The van der Waals surface area contributed by atoms with Crippen LogP contribution in [0.1, 0.15) is 19.4 Å². The summed E-state index contributed by atoms with van der Waals surface area (Å²) in [6.07, 6.45) is 0. The van der Waals surface area contributed by atoms with Crippen LogP contribution >= 0.6 is 11.8 Å². The van der Waals surface area contributed by atoms with Gasteiger partial charge >= 0.3 is 0 Å². The molecule has 0 saturated carbocycles. The van der Waals surface area contributed by atoms with Crippen molar-refractivity contribution in [2.45, 2.75) is 24.3 Å². The normalized spacial score (nSPS) is 15.8. The number of benzene rings is 2. The molecule has 0 amide bonds. The van der Waals surface area contributed by atoms with Gasteiger partial charge in [-0.15, -0.1) is 10.2 Å². The molecule has 0 bridgehead atoms. The largest absolute Gasteiger partial charge is 0.497 e. The van der Waals surface area contributed by atoms with Crippen molar-refractivity contribution >= 4 is 17.5 Å². The van der Waals surface area contributed by atoms with Crippen LogP contribution in [0, 0.1) is 0 Å². The van der Waals surface area contributed by atoms with Crippen LogP contribution in [-0.4, -0.2) is 39.6 Å². The van der Waals surface area contributed by atoms with Crippen molar-refractivity contribution < 1.29 is 9.47 Å². The second kappa shape index (κ2) is 7.44. The van der Waals surface area contributed by atoms with Crippen LogP contribution in [0.5, 0.6) is 11.5 Å². The lowest BCUT2D eigenvalue weighted by Crippen LogP contribution is -2.21. The summed E-state index contributed by atoms with van der Waals surface area (Å²) < 4.78 is 12.6. The molecule has 6 nitrogen and oxygen atoms in total. The molecule has 3 aromatic rings. The Kier molecular flexibility index (Phi) is 4.85. The maximum absolute atomic E-state index is 5.53. The van der Waals surface area contributed by atoms with Crippen LogP contribution in [0.3, 0.4) is 0 Å². The molecule has 4 rings (SSSR count). The third-order valence-corrected chi connectivity index (χ3v) is 5.34. The first-order valence-electron chi connectivity index (χ1n) is 8.78. The van der Waals surface area contributed by atoms with E-state index in [1.807, 2.05) is 60.1 Å². The topological polar surface area (TPSA) is 61.5 Å². The molecule has 0 radical (unpaired) electrons. The standard InChI is InChI=1S/C20H20N4O2S/c1-4-26-17-11-5-14(6-12-17)18-13(2)27-20-22-21-19(24(20)23-18)15-7-9-16(25-3)10-8-15/h5-13H,4H2,1-3H3/t13-/m1/s1. The highest BCUT2D eigenvalue weighted by Crippen LogP contribution is 2.33. The maximum Gasteiger partial charge on any atom is 0.213 e. The number of fused-ring (bicyclic) bond motifs is 1. The fourth-order valence-electron chi connectivity index (χ4n) is 2.93. The number of ether oxygens (including phenoxy) is 2. The number of rotatable bonds is 5. The molecule has 0 spiro atoms. The molecule has 0 fully saturated rings. The third kappa shape index (κ3) is 3.42. The van der Waals surface area contributed by atoms with Crippen LogP contribution in [-0.2, 0) is 0 Å². The van der Waals surface area contributed by atoms with E-state index in [0.717, 1.165) is 39.3 Å². The van der Waals surface area contributed by atoms with E-state index in [0.29, 0.717) is 6.61 Å². The lowest BCUT2D eigenvalue weighted by atomic mass is 10.1. The molecule has 2 heterocycles. The average Bonchev–Trinajstić information content (AvgIpc) is 3.11. The minimum atomic E-state index is 0.184. The smallest absolute Gasteiger partial charge is 0.213 e. The highest BCUT2D eigenvalue weighted by molar-refractivity contribution is 8.00. The Bertz CT molecular complexity index is 965. The number of methoxy groups -OCH3 is 1. The zero-order valence-corrected chi connectivity index (χ0v) is 16.2. The second-order valence-electron chi connectivity index (χ2n) is 6.05. The Labute approximate surface area is 162 Å². The molecule has 1 aliphatic rings. The van der Waals surface area contributed by atoms with Crippen molar-refractivity contribution in [2.24, 2.45) is 5.10 Å². The van der Waals surface area contributed by atoms with Gasteiger partial charge in [-0.2, -0.15) is 9.78 Å². The van der Waals surface area contributed by atoms with E-state index in [2.05, 4.69) is 17.1 Å². The fraction of sp³-hybridized carbons (Fsp3) is 0.250. The Morgan fingerprint density at radius 3 is 2.30 bits per heavy atom. The van der Waals surface area contributed by atoms with Crippen LogP contribution < -0.4 is 9.47 Å². The molecule has 138 valence electrons. The van der Waals surface area contributed by atoms with Gasteiger partial charge < -0.3 is 9.47 Å². The summed E-state index contributed by atoms with van der Waals surface area (Å²) in [5, 5.41) is 14.5. The number of thioether (sulfide) groups is 1. The van der Waals surface area contributed by atoms with Crippen LogP contribution in [0.25, 0.3) is 11.4 Å². The summed E-state index contributed by atoms with van der Waals surface area (Å²) >= 11 is 1.66. The van der Waals surface area contributed by atoms with Crippen molar-refractivity contribution in [1.82, 2.24) is 14.9 Å². The van der Waals surface area contributed by atoms with Gasteiger partial charge in [0.15, 0.2) is 5.82 Å². The Balaban J connectivity index is 1.71. The van der Waals surface area contributed by atoms with Gasteiger partial charge in [0.05, 0.1) is 24.7 Å². The zero-order valence-electron chi connectivity index (χ0n) is 15.4. The zero-order chi connectivity index (χ0) is 18.8. The highest BCUT2D eigenvalue weighted by atomic mass is 32.2. The maximum atomic E-state index is 5.53. The third-order valence-electron chi connectivity index (χ3n) is 4.30. The Morgan fingerprint density at radius 1 is 0.963 bits per heavy atom. The average molecular weight is 380 g/mol. The van der Waals surface area contributed by atoms with Gasteiger partial charge in [0.25, 0.3) is 0 Å². The lowest BCUT2D eigenvalue weighted by molar-refractivity contribution is 0.340. The number of hydrogen-bond acceptors (Lipinski definition) is 6. The molecule has 2 aromatic carbocycles. The predicted molar refractivity (Wildman–Crippen MR) is 107 cm³/mol. The Morgan fingerprint density at radius 2 is 1.63 bits per heavy atom. The van der Waals surface area contributed by atoms with Crippen molar-refractivity contribution in [3.05, 3.63) is 54.1 Å². The molecular formula is C20H20N4O2S. The van der Waals surface area contributed by atoms with Crippen LogP contribution in [0.2, 0.25) is 0 Å². The summed E-state index contributed by atoms with van der Waals surface area (Å²) in [5.41, 5.74) is 3.00. The van der Waals surface area contributed by atoms with Crippen LogP contribution in [0.4, 0.5) is 0 Å². The predicted octanol–water partition coefficient (Wildman–Crippen LogP) is 4.10. The minimum absolute atomic E-state index is 0.184. The first kappa shape index (κ1) is 17.6. The first-order valence-corrected chi connectivity index (χ1v) is 9.66. The van der Waals surface area contributed by atoms with Gasteiger partial charge in [0.1, 0.15) is 11.5 Å². The minimum Gasteiger partial charge on any atom is -0.497 e. The van der Waals surface area contributed by atoms with E-state index in [4.69, 9.17) is 14.6 Å². The molecule has 0 aliphatic carbocycles. The van der Waals surface area contributed by atoms with Gasteiger partial charge in [-0.3, -0.25) is 0 Å². The van der Waals surface area contributed by atoms with Gasteiger partial charge in [-0.1, -0.05) is 11.8 Å². The second-order valence-corrected chi connectivity index (χ2v) is 7.36. The van der Waals surface area contributed by atoms with E-state index in [1.54, 1.807) is 18.9 Å². The SMILES string of the molecule is CCOc1ccc(C2=Nn3c(nnc3-c3ccc(OC)cc3)S[C@@H]2C)cc1. The molecule has 1 aliphatic heterocycles. The summed E-state index contributed by atoms with van der Waals surface area (Å²) in [4.78, 5) is 0. The van der Waals surface area contributed by atoms with Crippen molar-refractivity contribution in [1.29, 1.82) is 0 Å². The van der Waals surface area contributed by atoms with Gasteiger partial charge in [-0.25, -0.2) is 0 Å². The molecule has 7 heteroatoms. The number of aromatic nitrogens is 3. The van der Waals surface area contributed by atoms with E-state index in [1.165, 1.54) is 0 Å². The quantitative estimate of drug-likeness (QED) is 0.667. The lowest BCUT2D eigenvalue weighted by Gasteiger charge is -2.20. The fourth-order valence-corrected chi connectivity index (χ4v) is 3.86. The van der Waals surface area contributed by atoms with E-state index >= 15 is 0 Å². The number of hydrogen-bond donors (Lipinski definition) is 0. The van der Waals surface area contributed by atoms with Crippen molar-refractivity contribution in [3.63, 3.8) is 0 Å². The van der Waals surface area contributed by atoms with Gasteiger partial charge in [0, 0.05) is 5.56 Å². The molecular weight excluding hydrogens is 360 g/mol. The van der Waals surface area contributed by atoms with Gasteiger partial charge in [0.2, 0.25) is 5.16 Å². The summed E-state index contributed by atoms with van der Waals surface area (Å²) in [6.45, 7) is 4.76. The number of nitrogens with zero attached hydrogens (tertiary/aromatic N) is 4. The molecule has 1 aromatic heterocycles. The summed E-state index contributed by atoms with van der Waals surface area (Å²) in [6, 6.07) is 15.8. The van der Waals surface area contributed by atoms with E-state index < -0.39 is 0 Å². The molecule has 1 atom stereocenters. The van der Waals surface area contributed by atoms with E-state index in [-0.39, 0.29) is 5.25 Å². The highest BCUT2D eigenvalue weighted by Gasteiger charge is 2.26. The molecule has 0 unspecified atom stereocenters. The van der Waals surface area contributed by atoms with Gasteiger partial charge in [-0.05, 0) is 67.9 Å².